The summed E-state index contributed by atoms with van der Waals surface area (Å²) in [6, 6.07) is 21.1. The number of nitriles is 1. The molecule has 0 spiro atoms. The van der Waals surface area contributed by atoms with Crippen molar-refractivity contribution in [3.05, 3.63) is 112 Å². The molecule has 5 aromatic rings. The van der Waals surface area contributed by atoms with Crippen LogP contribution in [-0.2, 0) is 14.8 Å². The number of aromatic nitrogens is 3. The molecular formula is C34H34N6O4S. The van der Waals surface area contributed by atoms with Gasteiger partial charge in [-0.05, 0) is 68.5 Å². The Morgan fingerprint density at radius 2 is 1.80 bits per heavy atom. The maximum absolute atomic E-state index is 13.9. The molecule has 0 saturated carbocycles. The van der Waals surface area contributed by atoms with Crippen LogP contribution in [0.2, 0.25) is 0 Å². The molecule has 230 valence electrons. The van der Waals surface area contributed by atoms with E-state index in [-0.39, 0.29) is 22.1 Å². The molecule has 2 aromatic carbocycles. The van der Waals surface area contributed by atoms with E-state index in [1.807, 2.05) is 50.2 Å². The molecule has 3 aromatic heterocycles. The van der Waals surface area contributed by atoms with E-state index >= 15 is 0 Å². The molecule has 45 heavy (non-hydrogen) atoms. The molecule has 6 rings (SSSR count). The van der Waals surface area contributed by atoms with Crippen LogP contribution in [0.4, 0.5) is 5.69 Å². The summed E-state index contributed by atoms with van der Waals surface area (Å²) in [5, 5.41) is 10.1. The first kappa shape index (κ1) is 30.3. The topological polar surface area (TPSA) is 113 Å². The average Bonchev–Trinajstić information content (AvgIpc) is 3.44. The normalized spacial score (nSPS) is 14.5. The number of hydrogen-bond donors (Lipinski definition) is 0. The van der Waals surface area contributed by atoms with Gasteiger partial charge >= 0.3 is 0 Å². The Balaban J connectivity index is 1.50. The Labute approximate surface area is 262 Å². The third-order valence-electron chi connectivity index (χ3n) is 8.09. The van der Waals surface area contributed by atoms with Crippen molar-refractivity contribution in [2.24, 2.45) is 0 Å². The third kappa shape index (κ3) is 6.00. The Morgan fingerprint density at radius 3 is 2.49 bits per heavy atom. The number of nitrogens with zero attached hydrogens (tertiary/aromatic N) is 6. The largest absolute Gasteiger partial charge is 0.378 e. The number of morpholine rings is 1. The van der Waals surface area contributed by atoms with Crippen LogP contribution in [0.3, 0.4) is 0 Å². The highest BCUT2D eigenvalue weighted by atomic mass is 32.2. The first-order valence-electron chi connectivity index (χ1n) is 14.7. The number of anilines is 1. The Kier molecular flexibility index (Phi) is 8.29. The molecule has 0 amide bonds. The van der Waals surface area contributed by atoms with Gasteiger partial charge in [0.05, 0.1) is 47.7 Å². The van der Waals surface area contributed by atoms with Crippen molar-refractivity contribution in [1.29, 1.82) is 5.26 Å². The van der Waals surface area contributed by atoms with Gasteiger partial charge in [0.2, 0.25) is 0 Å². The van der Waals surface area contributed by atoms with Crippen molar-refractivity contribution in [2.45, 2.75) is 17.9 Å². The van der Waals surface area contributed by atoms with E-state index in [0.717, 1.165) is 16.8 Å². The van der Waals surface area contributed by atoms with Crippen LogP contribution >= 0.6 is 0 Å². The summed E-state index contributed by atoms with van der Waals surface area (Å²) in [4.78, 5) is 22.7. The lowest BCUT2D eigenvalue weighted by molar-refractivity contribution is 0.122. The predicted molar refractivity (Wildman–Crippen MR) is 174 cm³/mol. The van der Waals surface area contributed by atoms with E-state index in [1.54, 1.807) is 59.6 Å². The van der Waals surface area contributed by atoms with Gasteiger partial charge in [0, 0.05) is 49.0 Å². The minimum atomic E-state index is -3.99. The highest BCUT2D eigenvalue weighted by Gasteiger charge is 2.25. The monoisotopic (exact) mass is 622 g/mol. The molecule has 0 N–H and O–H groups in total. The van der Waals surface area contributed by atoms with Gasteiger partial charge in [0.15, 0.2) is 5.65 Å². The molecule has 11 heteroatoms. The lowest BCUT2D eigenvalue weighted by Gasteiger charge is -2.28. The van der Waals surface area contributed by atoms with E-state index in [1.165, 1.54) is 10.0 Å². The maximum atomic E-state index is 13.9. The predicted octanol–water partition coefficient (Wildman–Crippen LogP) is 4.27. The molecule has 0 bridgehead atoms. The van der Waals surface area contributed by atoms with Crippen LogP contribution in [0.5, 0.6) is 0 Å². The van der Waals surface area contributed by atoms with Crippen molar-refractivity contribution < 1.29 is 13.2 Å². The van der Waals surface area contributed by atoms with Gasteiger partial charge < -0.3 is 19.1 Å². The van der Waals surface area contributed by atoms with Gasteiger partial charge in [-0.25, -0.2) is 17.4 Å². The molecule has 10 nitrogen and oxygen atoms in total. The lowest BCUT2D eigenvalue weighted by atomic mass is 10.0. The molecule has 1 saturated heterocycles. The number of benzene rings is 2. The fraction of sp³-hybridized carbons (Fsp3) is 0.265. The summed E-state index contributed by atoms with van der Waals surface area (Å²) in [5.41, 5.74) is 4.37. The van der Waals surface area contributed by atoms with Crippen molar-refractivity contribution in [3.8, 4) is 17.2 Å². The molecular weight excluding hydrogens is 588 g/mol. The van der Waals surface area contributed by atoms with Gasteiger partial charge in [-0.2, -0.15) is 5.26 Å². The summed E-state index contributed by atoms with van der Waals surface area (Å²) in [6.07, 6.45) is 4.99. The fourth-order valence-corrected chi connectivity index (χ4v) is 7.05. The number of hydrogen-bond acceptors (Lipinski definition) is 8. The van der Waals surface area contributed by atoms with Crippen LogP contribution in [0.15, 0.2) is 95.0 Å². The number of likely N-dealkylation sites (N-methyl/N-ethyl adjacent to an activating group) is 1. The van der Waals surface area contributed by atoms with Gasteiger partial charge in [-0.1, -0.05) is 29.8 Å². The van der Waals surface area contributed by atoms with E-state index < -0.39 is 10.0 Å². The highest BCUT2D eigenvalue weighted by Crippen LogP contribution is 2.34. The minimum Gasteiger partial charge on any atom is -0.378 e. The van der Waals surface area contributed by atoms with Crippen LogP contribution in [0, 0.1) is 18.3 Å². The Morgan fingerprint density at radius 1 is 1.04 bits per heavy atom. The highest BCUT2D eigenvalue weighted by molar-refractivity contribution is 7.90. The smallest absolute Gasteiger partial charge is 0.269 e. The van der Waals surface area contributed by atoms with Gasteiger partial charge in [-0.15, -0.1) is 0 Å². The van der Waals surface area contributed by atoms with Crippen molar-refractivity contribution in [3.63, 3.8) is 0 Å². The Bertz CT molecular complexity index is 2070. The number of aryl methyl sites for hydroxylation is 1. The van der Waals surface area contributed by atoms with E-state index in [0.29, 0.717) is 54.9 Å². The zero-order valence-corrected chi connectivity index (χ0v) is 26.2. The fourth-order valence-electron chi connectivity index (χ4n) is 5.73. The summed E-state index contributed by atoms with van der Waals surface area (Å²) >= 11 is 0. The van der Waals surface area contributed by atoms with Crippen molar-refractivity contribution >= 4 is 26.7 Å². The van der Waals surface area contributed by atoms with E-state index in [2.05, 4.69) is 16.0 Å². The number of pyridine rings is 2. The quantitative estimate of drug-likeness (QED) is 0.252. The van der Waals surface area contributed by atoms with E-state index in [4.69, 9.17) is 4.74 Å². The summed E-state index contributed by atoms with van der Waals surface area (Å²) in [5.74, 6) is 0. The van der Waals surface area contributed by atoms with Crippen LogP contribution in [0.25, 0.3) is 22.2 Å². The number of fused-ring (bicyclic) bond motifs is 1. The third-order valence-corrected chi connectivity index (χ3v) is 9.75. The van der Waals surface area contributed by atoms with Gasteiger partial charge in [0.25, 0.3) is 15.6 Å². The molecule has 4 heterocycles. The molecule has 1 unspecified atom stereocenters. The van der Waals surface area contributed by atoms with Crippen LogP contribution in [-0.4, -0.2) is 73.8 Å². The molecule has 1 atom stereocenters. The molecule has 0 aliphatic carbocycles. The average molecular weight is 623 g/mol. The van der Waals surface area contributed by atoms with E-state index in [9.17, 15) is 18.5 Å². The first-order valence-corrected chi connectivity index (χ1v) is 16.1. The lowest BCUT2D eigenvalue weighted by Crippen LogP contribution is -2.36. The van der Waals surface area contributed by atoms with Crippen molar-refractivity contribution in [2.75, 3.05) is 51.8 Å². The molecule has 1 aliphatic heterocycles. The standard InChI is InChI=1S/C34H34N6O4S/c1-24-7-9-29(10-8-24)45(42,43)40-22-31(30-19-28(21-36-34(30)40)38-13-15-44-16-14-38)26-11-12-39(33(41)18-26)32(23-37(2)3)27-6-4-5-25(17-27)20-35/h4-12,17-19,21-22,32H,13-16,23H2,1-3H3. The Hall–Kier alpha value is -4.76. The summed E-state index contributed by atoms with van der Waals surface area (Å²) in [7, 11) is -0.123. The molecule has 1 aliphatic rings. The zero-order chi connectivity index (χ0) is 31.7. The second-order valence-electron chi connectivity index (χ2n) is 11.5. The van der Waals surface area contributed by atoms with Crippen molar-refractivity contribution in [1.82, 2.24) is 18.4 Å². The van der Waals surface area contributed by atoms with Crippen LogP contribution in [0.1, 0.15) is 22.7 Å². The van der Waals surface area contributed by atoms with Crippen LogP contribution < -0.4 is 10.5 Å². The number of rotatable bonds is 8. The summed E-state index contributed by atoms with van der Waals surface area (Å²) in [6.45, 7) is 5.02. The molecule has 0 radical (unpaired) electrons. The zero-order valence-electron chi connectivity index (χ0n) is 25.4. The number of ether oxygens (including phenoxy) is 1. The second-order valence-corrected chi connectivity index (χ2v) is 13.3. The van der Waals surface area contributed by atoms with Gasteiger partial charge in [-0.3, -0.25) is 4.79 Å². The SMILES string of the molecule is Cc1ccc(S(=O)(=O)n2cc(-c3ccn(C(CN(C)C)c4cccc(C#N)c4)c(=O)c3)c3cc(N4CCOCC4)cnc32)cc1. The minimum absolute atomic E-state index is 0.150. The maximum Gasteiger partial charge on any atom is 0.269 e. The second kappa shape index (κ2) is 12.3. The van der Waals surface area contributed by atoms with Gasteiger partial charge in [0.1, 0.15) is 0 Å². The summed E-state index contributed by atoms with van der Waals surface area (Å²) < 4.78 is 36.2. The molecule has 1 fully saturated rings. The first-order chi connectivity index (χ1) is 21.7.